The number of hydrogen-bond donors (Lipinski definition) is 3. The number of hydrogen-bond acceptors (Lipinski definition) is 6. The van der Waals surface area contributed by atoms with E-state index in [-0.39, 0.29) is 13.1 Å². The average Bonchev–Trinajstić information content (AvgIpc) is 2.72. The molecule has 9 nitrogen and oxygen atoms in total. The number of aliphatic carboxylic acids is 1. The molecule has 108 valence electrons. The van der Waals surface area contributed by atoms with Crippen LogP contribution in [0.4, 0.5) is 0 Å². The number of carboxylic acids is 1. The molecule has 9 heteroatoms. The number of nitrogens with zero attached hydrogens (tertiary/aromatic N) is 1. The lowest BCUT2D eigenvalue weighted by molar-refractivity contribution is -0.145. The van der Waals surface area contributed by atoms with Gasteiger partial charge in [0.05, 0.1) is 13.1 Å². The van der Waals surface area contributed by atoms with Crippen LogP contribution in [0.15, 0.2) is 12.2 Å². The van der Waals surface area contributed by atoms with Crippen LogP contribution in [0.3, 0.4) is 0 Å². The highest BCUT2D eigenvalue weighted by atomic mass is 16.4. The largest absolute Gasteiger partial charge is 0.480 e. The first-order valence-corrected chi connectivity index (χ1v) is 5.66. The molecule has 0 fully saturated rings. The number of rotatable bonds is 8. The molecular formula is C11H13N3O6. The van der Waals surface area contributed by atoms with Crippen molar-refractivity contribution in [3.8, 4) is 0 Å². The monoisotopic (exact) mass is 283 g/mol. The molecule has 0 saturated heterocycles. The summed E-state index contributed by atoms with van der Waals surface area (Å²) in [5.74, 6) is -3.20. The zero-order chi connectivity index (χ0) is 15.1. The SMILES string of the molecule is O=CCNC(=O)C(CNCC(=O)O)N1C(=O)C=CC1=O. The second kappa shape index (κ2) is 7.14. The minimum absolute atomic E-state index is 0.226. The molecule has 1 rings (SSSR count). The Labute approximate surface area is 113 Å². The van der Waals surface area contributed by atoms with Crippen molar-refractivity contribution in [2.75, 3.05) is 19.6 Å². The van der Waals surface area contributed by atoms with E-state index in [0.29, 0.717) is 11.2 Å². The number of amides is 3. The molecule has 0 aromatic rings. The topological polar surface area (TPSA) is 133 Å². The molecule has 3 amide bonds. The molecule has 0 bridgehead atoms. The second-order valence-electron chi connectivity index (χ2n) is 3.83. The summed E-state index contributed by atoms with van der Waals surface area (Å²) in [5, 5.41) is 13.2. The Bertz CT molecular complexity index is 455. The summed E-state index contributed by atoms with van der Waals surface area (Å²) in [4.78, 5) is 56.2. The highest BCUT2D eigenvalue weighted by molar-refractivity contribution is 6.15. The lowest BCUT2D eigenvalue weighted by Crippen LogP contribution is -2.54. The number of carbonyl (C=O) groups is 5. The van der Waals surface area contributed by atoms with Crippen LogP contribution in [0, 0.1) is 0 Å². The van der Waals surface area contributed by atoms with E-state index in [1.807, 2.05) is 0 Å². The number of aldehydes is 1. The van der Waals surface area contributed by atoms with Gasteiger partial charge in [-0.15, -0.1) is 0 Å². The molecular weight excluding hydrogens is 270 g/mol. The normalized spacial score (nSPS) is 15.3. The Kier molecular flexibility index (Phi) is 5.54. The first-order valence-electron chi connectivity index (χ1n) is 5.66. The number of carbonyl (C=O) groups excluding carboxylic acids is 4. The molecule has 1 atom stereocenters. The van der Waals surface area contributed by atoms with Gasteiger partial charge in [-0.1, -0.05) is 0 Å². The highest BCUT2D eigenvalue weighted by Crippen LogP contribution is 2.09. The van der Waals surface area contributed by atoms with E-state index in [4.69, 9.17) is 5.11 Å². The maximum absolute atomic E-state index is 11.8. The van der Waals surface area contributed by atoms with Crippen LogP contribution in [-0.4, -0.2) is 65.7 Å². The van der Waals surface area contributed by atoms with E-state index >= 15 is 0 Å². The van der Waals surface area contributed by atoms with E-state index < -0.39 is 36.3 Å². The minimum Gasteiger partial charge on any atom is -0.480 e. The molecule has 0 aromatic carbocycles. The third-order valence-corrected chi connectivity index (χ3v) is 2.43. The summed E-state index contributed by atoms with van der Waals surface area (Å²) in [7, 11) is 0. The van der Waals surface area contributed by atoms with Crippen molar-refractivity contribution in [2.24, 2.45) is 0 Å². The zero-order valence-corrected chi connectivity index (χ0v) is 10.4. The quantitative estimate of drug-likeness (QED) is 0.325. The van der Waals surface area contributed by atoms with Crippen molar-refractivity contribution in [1.29, 1.82) is 0 Å². The zero-order valence-electron chi connectivity index (χ0n) is 10.4. The van der Waals surface area contributed by atoms with Crippen LogP contribution in [0.2, 0.25) is 0 Å². The van der Waals surface area contributed by atoms with Crippen LogP contribution in [0.25, 0.3) is 0 Å². The number of carboxylic acid groups (broad SMARTS) is 1. The molecule has 1 heterocycles. The number of nitrogens with one attached hydrogen (secondary N) is 2. The maximum atomic E-state index is 11.8. The Morgan fingerprint density at radius 1 is 1.30 bits per heavy atom. The third kappa shape index (κ3) is 3.99. The first kappa shape index (κ1) is 15.5. The lowest BCUT2D eigenvalue weighted by Gasteiger charge is -2.25. The van der Waals surface area contributed by atoms with Crippen molar-refractivity contribution in [3.05, 3.63) is 12.2 Å². The average molecular weight is 283 g/mol. The Balaban J connectivity index is 2.75. The predicted molar refractivity (Wildman–Crippen MR) is 64.4 cm³/mol. The second-order valence-corrected chi connectivity index (χ2v) is 3.83. The summed E-state index contributed by atoms with van der Waals surface area (Å²) < 4.78 is 0. The fourth-order valence-corrected chi connectivity index (χ4v) is 1.60. The molecule has 0 saturated carbocycles. The van der Waals surface area contributed by atoms with Gasteiger partial charge < -0.3 is 20.5 Å². The summed E-state index contributed by atoms with van der Waals surface area (Å²) in [6.07, 6.45) is 2.48. The van der Waals surface area contributed by atoms with E-state index in [2.05, 4.69) is 10.6 Å². The summed E-state index contributed by atoms with van der Waals surface area (Å²) in [6.45, 7) is -0.921. The molecule has 0 aliphatic carbocycles. The fraction of sp³-hybridized carbons (Fsp3) is 0.364. The van der Waals surface area contributed by atoms with Crippen molar-refractivity contribution in [2.45, 2.75) is 6.04 Å². The Morgan fingerprint density at radius 3 is 2.40 bits per heavy atom. The molecule has 3 N–H and O–H groups in total. The lowest BCUT2D eigenvalue weighted by atomic mass is 10.2. The summed E-state index contributed by atoms with van der Waals surface area (Å²) in [5.41, 5.74) is 0. The van der Waals surface area contributed by atoms with Crippen LogP contribution in [-0.2, 0) is 24.0 Å². The smallest absolute Gasteiger partial charge is 0.317 e. The Hall–Kier alpha value is -2.55. The van der Waals surface area contributed by atoms with Gasteiger partial charge in [-0.25, -0.2) is 0 Å². The van der Waals surface area contributed by atoms with Crippen LogP contribution in [0.1, 0.15) is 0 Å². The van der Waals surface area contributed by atoms with Gasteiger partial charge in [-0.2, -0.15) is 0 Å². The van der Waals surface area contributed by atoms with Gasteiger partial charge in [0.25, 0.3) is 11.8 Å². The van der Waals surface area contributed by atoms with Crippen molar-refractivity contribution < 1.29 is 29.1 Å². The van der Waals surface area contributed by atoms with Crippen molar-refractivity contribution in [3.63, 3.8) is 0 Å². The highest BCUT2D eigenvalue weighted by Gasteiger charge is 2.35. The maximum Gasteiger partial charge on any atom is 0.317 e. The van der Waals surface area contributed by atoms with Gasteiger partial charge in [-0.05, 0) is 0 Å². The number of imide groups is 1. The van der Waals surface area contributed by atoms with Crippen LogP contribution >= 0.6 is 0 Å². The standard InChI is InChI=1S/C11H13N3O6/c15-4-3-13-11(20)7(5-12-6-10(18)19)14-8(16)1-2-9(14)17/h1-2,4,7,12H,3,5-6H2,(H,13,20)(H,18,19). The molecule has 0 radical (unpaired) electrons. The molecule has 1 unspecified atom stereocenters. The molecule has 0 aromatic heterocycles. The van der Waals surface area contributed by atoms with Crippen molar-refractivity contribution in [1.82, 2.24) is 15.5 Å². The Morgan fingerprint density at radius 2 is 1.90 bits per heavy atom. The molecule has 1 aliphatic rings. The third-order valence-electron chi connectivity index (χ3n) is 2.43. The van der Waals surface area contributed by atoms with Crippen LogP contribution in [0.5, 0.6) is 0 Å². The van der Waals surface area contributed by atoms with E-state index in [9.17, 15) is 24.0 Å². The summed E-state index contributed by atoms with van der Waals surface area (Å²) in [6, 6.07) is -1.22. The summed E-state index contributed by atoms with van der Waals surface area (Å²) >= 11 is 0. The van der Waals surface area contributed by atoms with E-state index in [1.165, 1.54) is 0 Å². The van der Waals surface area contributed by atoms with Crippen molar-refractivity contribution >= 4 is 30.0 Å². The fourth-order valence-electron chi connectivity index (χ4n) is 1.60. The van der Waals surface area contributed by atoms with E-state index in [0.717, 1.165) is 12.2 Å². The minimum atomic E-state index is -1.22. The van der Waals surface area contributed by atoms with Gasteiger partial charge in [0.15, 0.2) is 0 Å². The van der Waals surface area contributed by atoms with Gasteiger partial charge in [0, 0.05) is 18.7 Å². The van der Waals surface area contributed by atoms with Gasteiger partial charge in [0.1, 0.15) is 12.3 Å². The van der Waals surface area contributed by atoms with Gasteiger partial charge >= 0.3 is 5.97 Å². The molecule has 1 aliphatic heterocycles. The predicted octanol–water partition coefficient (Wildman–Crippen LogP) is -2.73. The van der Waals surface area contributed by atoms with Gasteiger partial charge in [0.2, 0.25) is 5.91 Å². The molecule has 20 heavy (non-hydrogen) atoms. The first-order chi connectivity index (χ1) is 9.47. The van der Waals surface area contributed by atoms with E-state index in [1.54, 1.807) is 0 Å². The van der Waals surface area contributed by atoms with Crippen LogP contribution < -0.4 is 10.6 Å². The van der Waals surface area contributed by atoms with Gasteiger partial charge in [-0.3, -0.25) is 24.1 Å². The molecule has 0 spiro atoms.